The fourth-order valence-corrected chi connectivity index (χ4v) is 4.02. The number of halogens is 1. The Hall–Kier alpha value is -1.63. The first-order valence-electron chi connectivity index (χ1n) is 6.15. The lowest BCUT2D eigenvalue weighted by atomic mass is 10.1. The summed E-state index contributed by atoms with van der Waals surface area (Å²) in [5.41, 5.74) is 0.176. The molecule has 5 nitrogen and oxygen atoms in total. The van der Waals surface area contributed by atoms with E-state index in [0.29, 0.717) is 6.42 Å². The first-order valence-corrected chi connectivity index (χ1v) is 7.97. The zero-order valence-electron chi connectivity index (χ0n) is 11.3. The number of carbonyl (C=O) groups is 1. The van der Waals surface area contributed by atoms with Gasteiger partial charge in [-0.1, -0.05) is 0 Å². The molecule has 1 saturated heterocycles. The third kappa shape index (κ3) is 2.92. The van der Waals surface area contributed by atoms with Crippen LogP contribution in [0.4, 0.5) is 4.39 Å². The summed E-state index contributed by atoms with van der Waals surface area (Å²) in [6.07, 6.45) is 0.420. The summed E-state index contributed by atoms with van der Waals surface area (Å²) in [5, 5.41) is 0. The van der Waals surface area contributed by atoms with E-state index in [0.717, 1.165) is 6.07 Å². The monoisotopic (exact) mass is 301 g/mol. The lowest BCUT2D eigenvalue weighted by Gasteiger charge is -2.23. The maximum absolute atomic E-state index is 13.6. The maximum atomic E-state index is 13.6. The van der Waals surface area contributed by atoms with Gasteiger partial charge in [-0.2, -0.15) is 0 Å². The molecule has 1 aromatic carbocycles. The van der Waals surface area contributed by atoms with E-state index in [2.05, 4.69) is 0 Å². The molecule has 1 atom stereocenters. The van der Waals surface area contributed by atoms with Crippen LogP contribution in [0.25, 0.3) is 0 Å². The van der Waals surface area contributed by atoms with Crippen LogP contribution in [0.2, 0.25) is 0 Å². The Balaban J connectivity index is 2.17. The molecule has 0 radical (unpaired) electrons. The number of hydrogen-bond donors (Lipinski definition) is 0. The molecular formula is C13H16FNO4S. The average Bonchev–Trinajstić information content (AvgIpc) is 2.77. The summed E-state index contributed by atoms with van der Waals surface area (Å²) < 4.78 is 41.2. The second-order valence-electron chi connectivity index (χ2n) is 4.82. The van der Waals surface area contributed by atoms with Crippen LogP contribution in [-0.4, -0.2) is 50.9 Å². The molecule has 2 rings (SSSR count). The minimum Gasteiger partial charge on any atom is -0.494 e. The van der Waals surface area contributed by atoms with Gasteiger partial charge in [0.2, 0.25) is 0 Å². The smallest absolute Gasteiger partial charge is 0.253 e. The van der Waals surface area contributed by atoms with Gasteiger partial charge < -0.3 is 9.64 Å². The van der Waals surface area contributed by atoms with Crippen molar-refractivity contribution >= 4 is 15.7 Å². The highest BCUT2D eigenvalue weighted by atomic mass is 32.2. The van der Waals surface area contributed by atoms with Crippen LogP contribution >= 0.6 is 0 Å². The second kappa shape index (κ2) is 5.40. The standard InChI is InChI=1S/C13H16FNO4S/c1-15(10-5-6-20(17,18)8-10)13(16)9-3-4-12(19-2)11(14)7-9/h3-4,7,10H,5-6,8H2,1-2H3/t10-/m0/s1. The first-order chi connectivity index (χ1) is 9.34. The van der Waals surface area contributed by atoms with Crippen molar-refractivity contribution in [1.29, 1.82) is 0 Å². The second-order valence-corrected chi connectivity index (χ2v) is 7.05. The van der Waals surface area contributed by atoms with Gasteiger partial charge in [-0.3, -0.25) is 4.79 Å². The molecule has 1 amide bonds. The number of amides is 1. The summed E-state index contributed by atoms with van der Waals surface area (Å²) in [4.78, 5) is 13.6. The van der Waals surface area contributed by atoms with Crippen molar-refractivity contribution < 1.29 is 22.3 Å². The molecule has 7 heteroatoms. The van der Waals surface area contributed by atoms with Gasteiger partial charge in [-0.05, 0) is 24.6 Å². The van der Waals surface area contributed by atoms with Crippen molar-refractivity contribution in [1.82, 2.24) is 4.90 Å². The van der Waals surface area contributed by atoms with Crippen molar-refractivity contribution in [2.75, 3.05) is 25.7 Å². The lowest BCUT2D eigenvalue weighted by molar-refractivity contribution is 0.0747. The van der Waals surface area contributed by atoms with Gasteiger partial charge in [0.1, 0.15) is 0 Å². The van der Waals surface area contributed by atoms with E-state index in [1.54, 1.807) is 0 Å². The summed E-state index contributed by atoms with van der Waals surface area (Å²) in [6, 6.07) is 3.59. The number of rotatable bonds is 3. The zero-order valence-corrected chi connectivity index (χ0v) is 12.1. The Bertz CT molecular complexity index is 629. The number of sulfone groups is 1. The molecule has 0 spiro atoms. The van der Waals surface area contributed by atoms with Crippen LogP contribution in [0.1, 0.15) is 16.8 Å². The molecule has 0 N–H and O–H groups in total. The molecule has 1 heterocycles. The molecule has 0 saturated carbocycles. The Kier molecular flexibility index (Phi) is 3.99. The molecule has 1 aliphatic rings. The van der Waals surface area contributed by atoms with Gasteiger partial charge in [-0.15, -0.1) is 0 Å². The van der Waals surface area contributed by atoms with Crippen LogP contribution in [0.3, 0.4) is 0 Å². The molecule has 1 aliphatic heterocycles. The highest BCUT2D eigenvalue weighted by Crippen LogP contribution is 2.21. The van der Waals surface area contributed by atoms with E-state index in [-0.39, 0.29) is 28.9 Å². The molecule has 110 valence electrons. The zero-order chi connectivity index (χ0) is 14.9. The third-order valence-electron chi connectivity index (χ3n) is 3.48. The molecule has 20 heavy (non-hydrogen) atoms. The van der Waals surface area contributed by atoms with Crippen molar-refractivity contribution in [3.05, 3.63) is 29.6 Å². The highest BCUT2D eigenvalue weighted by Gasteiger charge is 2.33. The minimum atomic E-state index is -3.06. The van der Waals surface area contributed by atoms with Gasteiger partial charge in [0.15, 0.2) is 21.4 Å². The van der Waals surface area contributed by atoms with Gasteiger partial charge >= 0.3 is 0 Å². The normalized spacial score (nSPS) is 20.6. The molecule has 1 fully saturated rings. The predicted octanol–water partition coefficient (Wildman–Crippen LogP) is 1.09. The van der Waals surface area contributed by atoms with E-state index in [9.17, 15) is 17.6 Å². The summed E-state index contributed by atoms with van der Waals surface area (Å²) in [7, 11) is -0.183. The number of ether oxygens (including phenoxy) is 1. The number of hydrogen-bond acceptors (Lipinski definition) is 4. The largest absolute Gasteiger partial charge is 0.494 e. The van der Waals surface area contributed by atoms with E-state index in [1.807, 2.05) is 0 Å². The van der Waals surface area contributed by atoms with Crippen LogP contribution in [0.5, 0.6) is 5.75 Å². The average molecular weight is 301 g/mol. The molecule has 0 unspecified atom stereocenters. The fraction of sp³-hybridized carbons (Fsp3) is 0.462. The van der Waals surface area contributed by atoms with E-state index in [4.69, 9.17) is 4.74 Å². The van der Waals surface area contributed by atoms with Crippen molar-refractivity contribution in [3.8, 4) is 5.75 Å². The maximum Gasteiger partial charge on any atom is 0.253 e. The first kappa shape index (κ1) is 14.8. The Morgan fingerprint density at radius 3 is 2.65 bits per heavy atom. The van der Waals surface area contributed by atoms with Gasteiger partial charge in [0.05, 0.1) is 18.6 Å². The molecule has 1 aromatic rings. The molecule has 0 aliphatic carbocycles. The Morgan fingerprint density at radius 2 is 2.15 bits per heavy atom. The topological polar surface area (TPSA) is 63.7 Å². The van der Waals surface area contributed by atoms with Gasteiger partial charge in [0, 0.05) is 18.7 Å². The van der Waals surface area contributed by atoms with Crippen LogP contribution in [-0.2, 0) is 9.84 Å². The summed E-state index contributed by atoms with van der Waals surface area (Å²) in [5.74, 6) is -0.896. The highest BCUT2D eigenvalue weighted by molar-refractivity contribution is 7.91. The molecule has 0 bridgehead atoms. The quantitative estimate of drug-likeness (QED) is 0.838. The van der Waals surface area contributed by atoms with Crippen LogP contribution in [0, 0.1) is 5.82 Å². The van der Waals surface area contributed by atoms with E-state index >= 15 is 0 Å². The number of benzene rings is 1. The van der Waals surface area contributed by atoms with E-state index < -0.39 is 21.6 Å². The third-order valence-corrected chi connectivity index (χ3v) is 5.23. The lowest BCUT2D eigenvalue weighted by Crippen LogP contribution is -2.37. The molecular weight excluding hydrogens is 285 g/mol. The minimum absolute atomic E-state index is 0.0339. The fourth-order valence-electron chi connectivity index (χ4n) is 2.25. The Labute approximate surface area is 117 Å². The summed E-state index contributed by atoms with van der Waals surface area (Å²) >= 11 is 0. The SMILES string of the molecule is COc1ccc(C(=O)N(C)[C@H]2CCS(=O)(=O)C2)cc1F. The van der Waals surface area contributed by atoms with Crippen LogP contribution in [0.15, 0.2) is 18.2 Å². The van der Waals surface area contributed by atoms with Crippen molar-refractivity contribution in [3.63, 3.8) is 0 Å². The van der Waals surface area contributed by atoms with Crippen molar-refractivity contribution in [2.45, 2.75) is 12.5 Å². The summed E-state index contributed by atoms with van der Waals surface area (Å²) in [6.45, 7) is 0. The van der Waals surface area contributed by atoms with Crippen molar-refractivity contribution in [2.24, 2.45) is 0 Å². The Morgan fingerprint density at radius 1 is 1.45 bits per heavy atom. The van der Waals surface area contributed by atoms with E-state index in [1.165, 1.54) is 31.2 Å². The molecule has 0 aromatic heterocycles. The van der Waals surface area contributed by atoms with Gasteiger partial charge in [-0.25, -0.2) is 12.8 Å². The number of methoxy groups -OCH3 is 1. The number of nitrogens with zero attached hydrogens (tertiary/aromatic N) is 1. The van der Waals surface area contributed by atoms with Crippen LogP contribution < -0.4 is 4.74 Å². The predicted molar refractivity (Wildman–Crippen MR) is 72.1 cm³/mol. The van der Waals surface area contributed by atoms with Gasteiger partial charge in [0.25, 0.3) is 5.91 Å². The number of carbonyl (C=O) groups excluding carboxylic acids is 1.